The third-order valence-electron chi connectivity index (χ3n) is 4.15. The van der Waals surface area contributed by atoms with E-state index in [1.807, 2.05) is 0 Å². The second-order valence-electron chi connectivity index (χ2n) is 5.76. The number of hydrogen-bond acceptors (Lipinski definition) is 7. The lowest BCUT2D eigenvalue weighted by Crippen LogP contribution is -2.37. The lowest BCUT2D eigenvalue weighted by atomic mass is 10.1. The summed E-state index contributed by atoms with van der Waals surface area (Å²) >= 11 is 0. The van der Waals surface area contributed by atoms with Gasteiger partial charge in [-0.05, 0) is 18.2 Å². The summed E-state index contributed by atoms with van der Waals surface area (Å²) in [6.45, 7) is -0.412. The van der Waals surface area contributed by atoms with Crippen LogP contribution >= 0.6 is 0 Å². The molecule has 9 nitrogen and oxygen atoms in total. The highest BCUT2D eigenvalue weighted by Crippen LogP contribution is 2.30. The van der Waals surface area contributed by atoms with Gasteiger partial charge in [0.2, 0.25) is 0 Å². The molecule has 1 aromatic heterocycles. The van der Waals surface area contributed by atoms with E-state index in [1.54, 1.807) is 30.3 Å². The van der Waals surface area contributed by atoms with Crippen molar-refractivity contribution in [2.24, 2.45) is 0 Å². The van der Waals surface area contributed by atoms with Crippen LogP contribution in [0, 0.1) is 0 Å². The third-order valence-corrected chi connectivity index (χ3v) is 4.15. The van der Waals surface area contributed by atoms with Crippen LogP contribution in [-0.2, 0) is 9.47 Å². The molecule has 2 aromatic rings. The summed E-state index contributed by atoms with van der Waals surface area (Å²) < 4.78 is 11.8. The SMILES string of the molecule is COC1C(O)C(CO)OC1n1ccc(NC(=O)c2ccccc2)nc1=O. The quantitative estimate of drug-likeness (QED) is 0.672. The number of nitrogens with zero attached hydrogens (tertiary/aromatic N) is 2. The van der Waals surface area contributed by atoms with E-state index in [1.165, 1.54) is 19.4 Å². The molecule has 0 bridgehead atoms. The molecular formula is C17H19N3O6. The van der Waals surface area contributed by atoms with Crippen LogP contribution in [0.25, 0.3) is 0 Å². The maximum atomic E-state index is 12.3. The van der Waals surface area contributed by atoms with Gasteiger partial charge in [-0.15, -0.1) is 0 Å². The molecular weight excluding hydrogens is 342 g/mol. The highest BCUT2D eigenvalue weighted by molar-refractivity contribution is 6.03. The predicted molar refractivity (Wildman–Crippen MR) is 90.7 cm³/mol. The highest BCUT2D eigenvalue weighted by atomic mass is 16.6. The zero-order valence-corrected chi connectivity index (χ0v) is 14.0. The first-order valence-electron chi connectivity index (χ1n) is 7.98. The van der Waals surface area contributed by atoms with Gasteiger partial charge in [-0.1, -0.05) is 18.2 Å². The summed E-state index contributed by atoms with van der Waals surface area (Å²) in [5.41, 5.74) is -0.250. The topological polar surface area (TPSA) is 123 Å². The summed E-state index contributed by atoms with van der Waals surface area (Å²) in [4.78, 5) is 28.3. The number of rotatable bonds is 5. The average molecular weight is 361 g/mol. The van der Waals surface area contributed by atoms with Gasteiger partial charge in [-0.3, -0.25) is 9.36 Å². The number of methoxy groups -OCH3 is 1. The average Bonchev–Trinajstić information content (AvgIpc) is 2.98. The van der Waals surface area contributed by atoms with Gasteiger partial charge in [-0.2, -0.15) is 4.98 Å². The van der Waals surface area contributed by atoms with Crippen LogP contribution in [0.4, 0.5) is 5.82 Å². The lowest BCUT2D eigenvalue weighted by Gasteiger charge is -2.20. The second-order valence-corrected chi connectivity index (χ2v) is 5.76. The van der Waals surface area contributed by atoms with E-state index < -0.39 is 42.7 Å². The zero-order chi connectivity index (χ0) is 18.7. The van der Waals surface area contributed by atoms with E-state index in [9.17, 15) is 19.8 Å². The van der Waals surface area contributed by atoms with E-state index in [-0.39, 0.29) is 5.82 Å². The number of ether oxygens (including phenoxy) is 2. The largest absolute Gasteiger partial charge is 0.394 e. The molecule has 1 fully saturated rings. The number of benzene rings is 1. The number of hydrogen-bond donors (Lipinski definition) is 3. The fourth-order valence-corrected chi connectivity index (χ4v) is 2.80. The first-order valence-corrected chi connectivity index (χ1v) is 7.98. The molecule has 0 radical (unpaired) electrons. The van der Waals surface area contributed by atoms with E-state index in [0.29, 0.717) is 5.56 Å². The van der Waals surface area contributed by atoms with Gasteiger partial charge in [0.1, 0.15) is 24.1 Å². The number of amides is 1. The Morgan fingerprint density at radius 1 is 1.35 bits per heavy atom. The van der Waals surface area contributed by atoms with Gasteiger partial charge in [0, 0.05) is 18.9 Å². The van der Waals surface area contributed by atoms with Gasteiger partial charge < -0.3 is 25.0 Å². The van der Waals surface area contributed by atoms with Crippen LogP contribution in [0.2, 0.25) is 0 Å². The van der Waals surface area contributed by atoms with Crippen molar-refractivity contribution in [1.82, 2.24) is 9.55 Å². The van der Waals surface area contributed by atoms with Crippen LogP contribution < -0.4 is 11.0 Å². The maximum absolute atomic E-state index is 12.3. The molecule has 9 heteroatoms. The third kappa shape index (κ3) is 3.51. The van der Waals surface area contributed by atoms with Crippen LogP contribution in [0.15, 0.2) is 47.4 Å². The van der Waals surface area contributed by atoms with E-state index in [4.69, 9.17) is 9.47 Å². The fraction of sp³-hybridized carbons (Fsp3) is 0.353. The molecule has 3 rings (SSSR count). The van der Waals surface area contributed by atoms with E-state index >= 15 is 0 Å². The van der Waals surface area contributed by atoms with E-state index in [0.717, 1.165) is 4.57 Å². The first-order chi connectivity index (χ1) is 12.5. The van der Waals surface area contributed by atoms with Crippen molar-refractivity contribution in [3.63, 3.8) is 0 Å². The molecule has 4 unspecified atom stereocenters. The lowest BCUT2D eigenvalue weighted by molar-refractivity contribution is -0.0624. The number of aromatic nitrogens is 2. The van der Waals surface area contributed by atoms with Crippen LogP contribution in [0.5, 0.6) is 0 Å². The summed E-state index contributed by atoms with van der Waals surface area (Å²) in [7, 11) is 1.37. The number of aliphatic hydroxyl groups excluding tert-OH is 2. The Morgan fingerprint density at radius 3 is 2.69 bits per heavy atom. The van der Waals surface area contributed by atoms with E-state index in [2.05, 4.69) is 10.3 Å². The number of carbonyl (C=O) groups is 1. The summed E-state index contributed by atoms with van der Waals surface area (Å²) in [6, 6.07) is 9.97. The van der Waals surface area contributed by atoms with Crippen molar-refractivity contribution < 1.29 is 24.5 Å². The van der Waals surface area contributed by atoms with Crippen molar-refractivity contribution >= 4 is 11.7 Å². The van der Waals surface area contributed by atoms with Gasteiger partial charge in [0.05, 0.1) is 6.61 Å². The number of nitrogens with one attached hydrogen (secondary N) is 1. The Bertz CT molecular complexity index is 825. The molecule has 0 aliphatic carbocycles. The highest BCUT2D eigenvalue weighted by Gasteiger charge is 2.45. The van der Waals surface area contributed by atoms with Crippen molar-refractivity contribution in [3.8, 4) is 0 Å². The monoisotopic (exact) mass is 361 g/mol. The molecule has 0 spiro atoms. The van der Waals surface area contributed by atoms with Gasteiger partial charge in [-0.25, -0.2) is 4.79 Å². The molecule has 1 aromatic carbocycles. The first kappa shape index (κ1) is 18.2. The number of aliphatic hydroxyl groups is 2. The van der Waals surface area contributed by atoms with Gasteiger partial charge >= 0.3 is 5.69 Å². The Balaban J connectivity index is 1.80. The number of carbonyl (C=O) groups excluding carboxylic acids is 1. The summed E-state index contributed by atoms with van der Waals surface area (Å²) in [5.74, 6) is -0.302. The molecule has 1 amide bonds. The van der Waals surface area contributed by atoms with Crippen molar-refractivity contribution in [1.29, 1.82) is 0 Å². The minimum atomic E-state index is -1.08. The molecule has 1 aliphatic rings. The predicted octanol–water partition coefficient (Wildman–Crippen LogP) is -0.239. The van der Waals surface area contributed by atoms with Gasteiger partial charge in [0.15, 0.2) is 6.23 Å². The Morgan fingerprint density at radius 2 is 2.08 bits per heavy atom. The molecule has 4 atom stereocenters. The van der Waals surface area contributed by atoms with Crippen LogP contribution in [0.3, 0.4) is 0 Å². The molecule has 0 saturated carbocycles. The Labute approximate surface area is 148 Å². The van der Waals surface area contributed by atoms with Crippen LogP contribution in [0.1, 0.15) is 16.6 Å². The Hall–Kier alpha value is -2.59. The fourth-order valence-electron chi connectivity index (χ4n) is 2.80. The second kappa shape index (κ2) is 7.75. The van der Waals surface area contributed by atoms with Crippen molar-refractivity contribution in [2.75, 3.05) is 19.0 Å². The number of anilines is 1. The smallest absolute Gasteiger partial charge is 0.351 e. The molecule has 2 heterocycles. The normalized spacial score (nSPS) is 25.2. The Kier molecular flexibility index (Phi) is 5.43. The molecule has 138 valence electrons. The molecule has 3 N–H and O–H groups in total. The minimum absolute atomic E-state index is 0.0892. The maximum Gasteiger partial charge on any atom is 0.351 e. The summed E-state index contributed by atoms with van der Waals surface area (Å²) in [6.07, 6.45) is -2.34. The standard InChI is InChI=1S/C17H19N3O6/c1-25-14-13(22)11(9-21)26-16(14)20-8-7-12(19-17(20)24)18-15(23)10-5-3-2-4-6-10/h2-8,11,13-14,16,21-22H,9H2,1H3,(H,18,19,23,24). The van der Waals surface area contributed by atoms with Crippen molar-refractivity contribution in [3.05, 3.63) is 58.6 Å². The molecule has 1 saturated heterocycles. The van der Waals surface area contributed by atoms with Crippen LogP contribution in [-0.4, -0.2) is 57.7 Å². The molecule has 26 heavy (non-hydrogen) atoms. The minimum Gasteiger partial charge on any atom is -0.394 e. The zero-order valence-electron chi connectivity index (χ0n) is 14.0. The summed E-state index contributed by atoms with van der Waals surface area (Å²) in [5, 5.41) is 21.9. The molecule has 1 aliphatic heterocycles. The van der Waals surface area contributed by atoms with Gasteiger partial charge in [0.25, 0.3) is 5.91 Å². The van der Waals surface area contributed by atoms with Crippen molar-refractivity contribution in [2.45, 2.75) is 24.5 Å².